The molecule has 0 amide bonds. The minimum absolute atomic E-state index is 0.252. The van der Waals surface area contributed by atoms with E-state index in [0.29, 0.717) is 6.42 Å². The number of hydrogen-bond donors (Lipinski definition) is 0. The van der Waals surface area contributed by atoms with Gasteiger partial charge in [-0.2, -0.15) is 0 Å². The maximum Gasteiger partial charge on any atom is 0.358 e. The fraction of sp³-hybridized carbons (Fsp3) is 0.364. The first-order valence-electron chi connectivity index (χ1n) is 4.78. The molecule has 0 unspecified atom stereocenters. The van der Waals surface area contributed by atoms with Crippen molar-refractivity contribution in [3.05, 3.63) is 35.9 Å². The number of carbonyl (C=O) groups excluding carboxylic acids is 1. The molecule has 0 aliphatic rings. The minimum atomic E-state index is -1.98. The smallest absolute Gasteiger partial charge is 0.358 e. The van der Waals surface area contributed by atoms with E-state index in [2.05, 4.69) is 0 Å². The first-order chi connectivity index (χ1) is 7.50. The van der Waals surface area contributed by atoms with Crippen molar-refractivity contribution in [2.24, 2.45) is 0 Å². The molecule has 16 heavy (non-hydrogen) atoms. The Morgan fingerprint density at radius 1 is 1.19 bits per heavy atom. The van der Waals surface area contributed by atoms with Crippen LogP contribution in [-0.2, 0) is 16.0 Å². The molecule has 0 bridgehead atoms. The van der Waals surface area contributed by atoms with Gasteiger partial charge >= 0.3 is 5.97 Å². The molecule has 0 saturated carbocycles. The van der Waals surface area contributed by atoms with Crippen LogP contribution in [0.2, 0.25) is 0 Å². The van der Waals surface area contributed by atoms with Crippen LogP contribution >= 0.6 is 34.8 Å². The Hall–Kier alpha value is -0.440. The van der Waals surface area contributed by atoms with E-state index in [1.165, 1.54) is 5.56 Å². The van der Waals surface area contributed by atoms with Crippen LogP contribution in [0.5, 0.6) is 0 Å². The average Bonchev–Trinajstić information content (AvgIpc) is 2.24. The Kier molecular flexibility index (Phi) is 5.39. The van der Waals surface area contributed by atoms with E-state index in [0.717, 1.165) is 6.42 Å². The zero-order valence-corrected chi connectivity index (χ0v) is 10.7. The van der Waals surface area contributed by atoms with E-state index in [1.54, 1.807) is 0 Å². The molecular weight excluding hydrogens is 270 g/mol. The third-order valence-electron chi connectivity index (χ3n) is 1.92. The van der Waals surface area contributed by atoms with Crippen LogP contribution < -0.4 is 0 Å². The summed E-state index contributed by atoms with van der Waals surface area (Å²) in [6.45, 7) is 0.252. The van der Waals surface area contributed by atoms with Gasteiger partial charge in [0.1, 0.15) is 0 Å². The summed E-state index contributed by atoms with van der Waals surface area (Å²) in [6, 6.07) is 9.89. The SMILES string of the molecule is O=C(OCCCc1ccccc1)C(Cl)(Cl)Cl. The molecule has 1 aromatic rings. The first kappa shape index (κ1) is 13.6. The highest BCUT2D eigenvalue weighted by molar-refractivity contribution is 6.75. The fourth-order valence-electron chi connectivity index (χ4n) is 1.17. The first-order valence-corrected chi connectivity index (χ1v) is 5.91. The number of benzene rings is 1. The molecule has 0 aromatic heterocycles. The third-order valence-corrected chi connectivity index (χ3v) is 2.38. The molecule has 5 heteroatoms. The van der Waals surface area contributed by atoms with Crippen molar-refractivity contribution in [2.75, 3.05) is 6.61 Å². The van der Waals surface area contributed by atoms with Gasteiger partial charge in [0.05, 0.1) is 6.61 Å². The Balaban J connectivity index is 2.20. The molecule has 0 radical (unpaired) electrons. The lowest BCUT2D eigenvalue weighted by atomic mass is 10.1. The number of alkyl halides is 3. The lowest BCUT2D eigenvalue weighted by molar-refractivity contribution is -0.142. The Morgan fingerprint density at radius 3 is 2.38 bits per heavy atom. The van der Waals surface area contributed by atoms with Crippen LogP contribution in [0, 0.1) is 0 Å². The van der Waals surface area contributed by atoms with Crippen LogP contribution in [0.3, 0.4) is 0 Å². The van der Waals surface area contributed by atoms with Crippen LogP contribution in [0.15, 0.2) is 30.3 Å². The molecule has 88 valence electrons. The van der Waals surface area contributed by atoms with Crippen LogP contribution in [-0.4, -0.2) is 16.4 Å². The van der Waals surface area contributed by atoms with E-state index < -0.39 is 9.76 Å². The highest BCUT2D eigenvalue weighted by atomic mass is 35.6. The minimum Gasteiger partial charge on any atom is -0.463 e. The highest BCUT2D eigenvalue weighted by Crippen LogP contribution is 2.27. The van der Waals surface area contributed by atoms with E-state index in [1.807, 2.05) is 30.3 Å². The van der Waals surface area contributed by atoms with Crippen molar-refractivity contribution >= 4 is 40.8 Å². The maximum atomic E-state index is 11.1. The summed E-state index contributed by atoms with van der Waals surface area (Å²) in [6.07, 6.45) is 1.53. The van der Waals surface area contributed by atoms with Gasteiger partial charge in [-0.15, -0.1) is 0 Å². The summed E-state index contributed by atoms with van der Waals surface area (Å²) in [5.41, 5.74) is 1.19. The van der Waals surface area contributed by atoms with Gasteiger partial charge in [0, 0.05) is 0 Å². The summed E-state index contributed by atoms with van der Waals surface area (Å²) in [7, 11) is 0. The summed E-state index contributed by atoms with van der Waals surface area (Å²) in [5, 5.41) is 0. The molecule has 0 aliphatic carbocycles. The van der Waals surface area contributed by atoms with Crippen molar-refractivity contribution < 1.29 is 9.53 Å². The lowest BCUT2D eigenvalue weighted by Gasteiger charge is -2.10. The second-order valence-electron chi connectivity index (χ2n) is 3.22. The Morgan fingerprint density at radius 2 is 1.81 bits per heavy atom. The average molecular weight is 282 g/mol. The summed E-state index contributed by atoms with van der Waals surface area (Å²) in [5.74, 6) is -0.828. The second-order valence-corrected chi connectivity index (χ2v) is 5.50. The molecule has 0 N–H and O–H groups in total. The largest absolute Gasteiger partial charge is 0.463 e. The molecule has 0 heterocycles. The monoisotopic (exact) mass is 280 g/mol. The zero-order valence-electron chi connectivity index (χ0n) is 8.46. The van der Waals surface area contributed by atoms with E-state index >= 15 is 0 Å². The van der Waals surface area contributed by atoms with Gasteiger partial charge in [0.15, 0.2) is 0 Å². The summed E-state index contributed by atoms with van der Waals surface area (Å²) >= 11 is 16.0. The fourth-order valence-corrected chi connectivity index (χ4v) is 1.33. The van der Waals surface area contributed by atoms with Crippen molar-refractivity contribution in [1.29, 1.82) is 0 Å². The highest BCUT2D eigenvalue weighted by Gasteiger charge is 2.32. The topological polar surface area (TPSA) is 26.3 Å². The number of esters is 1. The second kappa shape index (κ2) is 6.33. The van der Waals surface area contributed by atoms with E-state index in [9.17, 15) is 4.79 Å². The number of hydrogen-bond acceptors (Lipinski definition) is 2. The predicted molar refractivity (Wildman–Crippen MR) is 66.0 cm³/mol. The molecular formula is C11H11Cl3O2. The number of ether oxygens (including phenoxy) is 1. The van der Waals surface area contributed by atoms with Gasteiger partial charge in [-0.05, 0) is 18.4 Å². The molecule has 1 rings (SSSR count). The molecule has 0 aliphatic heterocycles. The van der Waals surface area contributed by atoms with Crippen LogP contribution in [0.25, 0.3) is 0 Å². The van der Waals surface area contributed by atoms with Gasteiger partial charge in [-0.3, -0.25) is 0 Å². The van der Waals surface area contributed by atoms with Crippen molar-refractivity contribution in [3.8, 4) is 0 Å². The van der Waals surface area contributed by atoms with Crippen LogP contribution in [0.1, 0.15) is 12.0 Å². The van der Waals surface area contributed by atoms with E-state index in [4.69, 9.17) is 39.5 Å². The Labute approximate surface area is 109 Å². The van der Waals surface area contributed by atoms with Gasteiger partial charge in [-0.25, -0.2) is 4.79 Å². The van der Waals surface area contributed by atoms with Crippen molar-refractivity contribution in [3.63, 3.8) is 0 Å². The lowest BCUT2D eigenvalue weighted by Crippen LogP contribution is -2.22. The molecule has 0 fully saturated rings. The third kappa shape index (κ3) is 5.06. The number of halogens is 3. The summed E-state index contributed by atoms with van der Waals surface area (Å²) in [4.78, 5) is 11.1. The van der Waals surface area contributed by atoms with Gasteiger partial charge < -0.3 is 4.74 Å². The Bertz CT molecular complexity index is 333. The molecule has 1 aromatic carbocycles. The normalized spacial score (nSPS) is 11.2. The molecule has 0 atom stereocenters. The summed E-state index contributed by atoms with van der Waals surface area (Å²) < 4.78 is 2.81. The zero-order chi connectivity index (χ0) is 12.0. The van der Waals surface area contributed by atoms with Gasteiger partial charge in [0.2, 0.25) is 0 Å². The number of rotatable bonds is 4. The van der Waals surface area contributed by atoms with Gasteiger partial charge in [-0.1, -0.05) is 65.1 Å². The standard InChI is InChI=1S/C11H11Cl3O2/c12-11(13,14)10(15)16-8-4-7-9-5-2-1-3-6-9/h1-3,5-6H,4,7-8H2. The van der Waals surface area contributed by atoms with Crippen molar-refractivity contribution in [2.45, 2.75) is 16.6 Å². The van der Waals surface area contributed by atoms with Crippen LogP contribution in [0.4, 0.5) is 0 Å². The number of carbonyl (C=O) groups is 1. The van der Waals surface area contributed by atoms with Crippen molar-refractivity contribution in [1.82, 2.24) is 0 Å². The molecule has 2 nitrogen and oxygen atoms in total. The maximum absolute atomic E-state index is 11.1. The van der Waals surface area contributed by atoms with Gasteiger partial charge in [0.25, 0.3) is 3.79 Å². The van der Waals surface area contributed by atoms with E-state index in [-0.39, 0.29) is 6.61 Å². The predicted octanol–water partition coefficient (Wildman–Crippen LogP) is 3.53. The quantitative estimate of drug-likeness (QED) is 0.479. The molecule has 0 saturated heterocycles. The number of aryl methyl sites for hydroxylation is 1. The molecule has 0 spiro atoms.